The van der Waals surface area contributed by atoms with Crippen LogP contribution >= 0.6 is 0 Å². The van der Waals surface area contributed by atoms with Gasteiger partial charge in [-0.3, -0.25) is 4.79 Å². The molecule has 0 saturated carbocycles. The highest BCUT2D eigenvalue weighted by atomic mass is 19.4. The van der Waals surface area contributed by atoms with Crippen molar-refractivity contribution in [1.29, 1.82) is 0 Å². The van der Waals surface area contributed by atoms with Gasteiger partial charge < -0.3 is 5.11 Å². The first-order valence-electron chi connectivity index (χ1n) is 8.28. The summed E-state index contributed by atoms with van der Waals surface area (Å²) in [6, 6.07) is -1.48. The van der Waals surface area contributed by atoms with Gasteiger partial charge in [-0.15, -0.1) is 0 Å². The number of rotatable bonds is 10. The maximum absolute atomic E-state index is 13.4. The second kappa shape index (κ2) is 10.6. The van der Waals surface area contributed by atoms with Crippen LogP contribution in [0.1, 0.15) is 13.3 Å². The predicted molar refractivity (Wildman–Crippen MR) is 83.0 cm³/mol. The molecule has 0 amide bonds. The fraction of sp³-hybridized carbons (Fsp3) is 0.625. The molecule has 0 atom stereocenters. The van der Waals surface area contributed by atoms with Gasteiger partial charge in [-0.1, -0.05) is 12.7 Å². The van der Waals surface area contributed by atoms with E-state index < -0.39 is 77.7 Å². The number of hydrogen-bond donors (Lipinski definition) is 1. The summed E-state index contributed by atoms with van der Waals surface area (Å²) in [6.07, 6.45) is -10.6. The van der Waals surface area contributed by atoms with Crippen LogP contribution in [0, 0.1) is 0 Å². The molecule has 0 rings (SSSR count). The highest BCUT2D eigenvalue weighted by molar-refractivity contribution is 5.85. The third-order valence-corrected chi connectivity index (χ3v) is 3.95. The summed E-state index contributed by atoms with van der Waals surface area (Å²) in [5.74, 6) is -59.1. The van der Waals surface area contributed by atoms with Gasteiger partial charge in [0, 0.05) is 18.1 Å². The molecule has 218 valence electrons. The first-order chi connectivity index (χ1) is 15.8. The van der Waals surface area contributed by atoms with Crippen molar-refractivity contribution in [2.24, 2.45) is 0 Å². The molecule has 0 aromatic heterocycles. The number of alkyl halides is 17. The van der Waals surface area contributed by atoms with Crippen molar-refractivity contribution in [1.82, 2.24) is 0 Å². The number of carboxylic acids is 1. The number of carboxylic acid groups (broad SMARTS) is 1. The van der Waals surface area contributed by atoms with Gasteiger partial charge in [0.25, 0.3) is 0 Å². The quantitative estimate of drug-likeness (QED) is 0.168. The molecule has 37 heavy (non-hydrogen) atoms. The highest BCUT2D eigenvalue weighted by Crippen LogP contribution is 2.64. The number of carbonyl (C=O) groups excluding carboxylic acids is 1. The number of carbonyl (C=O) groups is 2. The first-order valence-corrected chi connectivity index (χ1v) is 8.28. The Balaban J connectivity index is 0. The van der Waals surface area contributed by atoms with Gasteiger partial charge in [0.05, 0.1) is 0 Å². The molecular weight excluding hydrogens is 582 g/mol. The van der Waals surface area contributed by atoms with Gasteiger partial charge >= 0.3 is 59.6 Å². The summed E-state index contributed by atoms with van der Waals surface area (Å²) in [5, 5.41) is 8.29. The molecular formula is C16H10F18O3. The van der Waals surface area contributed by atoms with Gasteiger partial charge in [0.1, 0.15) is 0 Å². The van der Waals surface area contributed by atoms with Crippen LogP contribution in [0.5, 0.6) is 0 Å². The third kappa shape index (κ3) is 6.27. The average molecular weight is 592 g/mol. The summed E-state index contributed by atoms with van der Waals surface area (Å²) in [6.45, 7) is 3.21. The lowest BCUT2D eigenvalue weighted by atomic mass is 9.88. The summed E-state index contributed by atoms with van der Waals surface area (Å²) in [5.41, 5.74) is -1.31. The zero-order valence-corrected chi connectivity index (χ0v) is 17.1. The lowest BCUT2D eigenvalue weighted by molar-refractivity contribution is -0.461. The Bertz CT molecular complexity index is 884. The molecule has 0 aromatic carbocycles. The molecule has 21 heteroatoms. The van der Waals surface area contributed by atoms with Crippen LogP contribution in [-0.2, 0) is 9.59 Å². The van der Waals surface area contributed by atoms with Gasteiger partial charge in [-0.05, 0) is 6.92 Å². The molecule has 0 aliphatic rings. The van der Waals surface area contributed by atoms with E-state index in [0.29, 0.717) is 13.0 Å². The van der Waals surface area contributed by atoms with Crippen LogP contribution in [0.4, 0.5) is 79.0 Å². The smallest absolute Gasteiger partial charge is 0.460 e. The Morgan fingerprint density at radius 3 is 1.16 bits per heavy atom. The van der Waals surface area contributed by atoms with Crippen molar-refractivity contribution >= 4 is 12.0 Å². The number of aliphatic carboxylic acids is 1. The molecule has 0 radical (unpaired) electrons. The highest BCUT2D eigenvalue weighted by Gasteiger charge is 2.95. The number of allylic oxidation sites excluding steroid dienone is 2. The predicted octanol–water partition coefficient (Wildman–Crippen LogP) is 7.09. The van der Waals surface area contributed by atoms with Crippen molar-refractivity contribution in [2.75, 3.05) is 0 Å². The Labute approximate surface area is 192 Å². The number of hydrogen-bond acceptors (Lipinski definition) is 2. The molecule has 3 nitrogen and oxygen atoms in total. The largest absolute Gasteiger partial charge is 0.478 e. The fourth-order valence-electron chi connectivity index (χ4n) is 1.69. The molecule has 0 unspecified atom stereocenters. The summed E-state index contributed by atoms with van der Waals surface area (Å²) >= 11 is 0. The van der Waals surface area contributed by atoms with E-state index in [1.807, 2.05) is 0 Å². The minimum atomic E-state index is -8.69. The molecule has 0 fully saturated rings. The summed E-state index contributed by atoms with van der Waals surface area (Å²) in [7, 11) is 0. The van der Waals surface area contributed by atoms with Crippen molar-refractivity contribution in [3.05, 3.63) is 24.3 Å². The van der Waals surface area contributed by atoms with Crippen LogP contribution in [-0.4, -0.2) is 64.7 Å². The van der Waals surface area contributed by atoms with Crippen molar-refractivity contribution in [3.8, 4) is 0 Å². The molecule has 0 saturated heterocycles. The van der Waals surface area contributed by atoms with Crippen LogP contribution in [0.15, 0.2) is 24.3 Å². The molecule has 0 aromatic rings. The Morgan fingerprint density at radius 2 is 0.919 bits per heavy atom. The number of halogens is 18. The standard InChI is InChI=1S/C13H7F17O2.C3H3FO/c1-4(5(31)32)2-3-6(14,15)7(16,17)8(18,19)9(20,21)10(22,23)11(24,25)12(26,27)13(28,29)30;1-2-3(4)5/h2H,3H2,1H3,(H,31,32);2H,1H2. The van der Waals surface area contributed by atoms with Gasteiger partial charge in [0.15, 0.2) is 0 Å². The van der Waals surface area contributed by atoms with E-state index in [1.54, 1.807) is 0 Å². The summed E-state index contributed by atoms with van der Waals surface area (Å²) < 4.78 is 231. The van der Waals surface area contributed by atoms with E-state index in [1.165, 1.54) is 0 Å². The molecule has 0 aliphatic heterocycles. The van der Waals surface area contributed by atoms with Gasteiger partial charge in [0.2, 0.25) is 0 Å². The molecule has 0 bridgehead atoms. The topological polar surface area (TPSA) is 54.4 Å². The second-order valence-electron chi connectivity index (χ2n) is 6.55. The van der Waals surface area contributed by atoms with E-state index >= 15 is 0 Å². The SMILES string of the molecule is C=CC(=O)F.CC(=CCC(F)(F)C(F)(F)C(F)(F)C(F)(F)C(F)(F)C(F)(F)C(F)(F)C(F)(F)F)C(=O)O. The maximum Gasteiger partial charge on any atom is 0.460 e. The van der Waals surface area contributed by atoms with Crippen molar-refractivity contribution < 1.29 is 93.7 Å². The lowest BCUT2D eigenvalue weighted by Crippen LogP contribution is -2.74. The maximum atomic E-state index is 13.4. The molecule has 0 heterocycles. The third-order valence-electron chi connectivity index (χ3n) is 3.95. The van der Waals surface area contributed by atoms with E-state index in [2.05, 4.69) is 6.58 Å². The van der Waals surface area contributed by atoms with Crippen LogP contribution < -0.4 is 0 Å². The second-order valence-corrected chi connectivity index (χ2v) is 6.55. The zero-order valence-electron chi connectivity index (χ0n) is 17.1. The molecule has 0 aliphatic carbocycles. The average Bonchev–Trinajstić information content (AvgIpc) is 2.70. The van der Waals surface area contributed by atoms with E-state index in [-0.39, 0.29) is 0 Å². The zero-order chi connectivity index (χ0) is 30.9. The Hall–Kier alpha value is -2.64. The van der Waals surface area contributed by atoms with E-state index in [0.717, 1.165) is 0 Å². The molecule has 0 spiro atoms. The van der Waals surface area contributed by atoms with E-state index in [4.69, 9.17) is 9.90 Å². The van der Waals surface area contributed by atoms with Gasteiger partial charge in [-0.25, -0.2) is 4.79 Å². The normalized spacial score (nSPS) is 15.1. The van der Waals surface area contributed by atoms with Crippen molar-refractivity contribution in [2.45, 2.75) is 61.0 Å². The first kappa shape index (κ1) is 36.5. The fourth-order valence-corrected chi connectivity index (χ4v) is 1.69. The Kier molecular flexibility index (Phi) is 10.5. The Morgan fingerprint density at radius 1 is 0.649 bits per heavy atom. The van der Waals surface area contributed by atoms with E-state index in [9.17, 15) is 83.8 Å². The van der Waals surface area contributed by atoms with Crippen LogP contribution in [0.2, 0.25) is 0 Å². The van der Waals surface area contributed by atoms with Gasteiger partial charge in [-0.2, -0.15) is 79.0 Å². The minimum Gasteiger partial charge on any atom is -0.478 e. The van der Waals surface area contributed by atoms with Crippen molar-refractivity contribution in [3.63, 3.8) is 0 Å². The molecule has 1 N–H and O–H groups in total. The monoisotopic (exact) mass is 592 g/mol. The van der Waals surface area contributed by atoms with Crippen LogP contribution in [0.3, 0.4) is 0 Å². The summed E-state index contributed by atoms with van der Waals surface area (Å²) in [4.78, 5) is 19.4. The minimum absolute atomic E-state index is 0.372. The lowest BCUT2D eigenvalue weighted by Gasteiger charge is -2.42. The van der Waals surface area contributed by atoms with Crippen LogP contribution in [0.25, 0.3) is 0 Å².